The van der Waals surface area contributed by atoms with Crippen LogP contribution in [-0.2, 0) is 0 Å². The standard InChI is InChI=1S/C20H21N5O4/c26-12-16(28)19(29)15(27)11-21-24-20-22-17(13-7-3-1-4-8-13)18(23-25-20)14-9-5-2-6-10-14/h1-11,15-16,19,26-29H,12H2,(H,22,24,25)/b21-11+/t15-,16-,19+/m1/s1. The molecular formula is C20H21N5O4. The summed E-state index contributed by atoms with van der Waals surface area (Å²) >= 11 is 0. The Labute approximate surface area is 167 Å². The van der Waals surface area contributed by atoms with Crippen LogP contribution in [0.5, 0.6) is 0 Å². The molecule has 0 bridgehead atoms. The van der Waals surface area contributed by atoms with Crippen molar-refractivity contribution < 1.29 is 20.4 Å². The first-order valence-corrected chi connectivity index (χ1v) is 8.90. The van der Waals surface area contributed by atoms with Crippen LogP contribution in [0.25, 0.3) is 22.5 Å². The highest BCUT2D eigenvalue weighted by Crippen LogP contribution is 2.28. The van der Waals surface area contributed by atoms with E-state index in [2.05, 4.69) is 25.7 Å². The van der Waals surface area contributed by atoms with E-state index in [4.69, 9.17) is 5.11 Å². The van der Waals surface area contributed by atoms with E-state index in [1.807, 2.05) is 60.7 Å². The van der Waals surface area contributed by atoms with Gasteiger partial charge >= 0.3 is 0 Å². The zero-order valence-electron chi connectivity index (χ0n) is 15.4. The number of aliphatic hydroxyl groups is 4. The number of rotatable bonds is 8. The summed E-state index contributed by atoms with van der Waals surface area (Å²) in [6, 6.07) is 19.0. The minimum Gasteiger partial charge on any atom is -0.394 e. The molecule has 9 heteroatoms. The Bertz CT molecular complexity index is 940. The molecule has 0 radical (unpaired) electrons. The molecule has 0 spiro atoms. The first kappa shape index (κ1) is 20.5. The summed E-state index contributed by atoms with van der Waals surface area (Å²) in [5.74, 6) is 0.0872. The van der Waals surface area contributed by atoms with Crippen molar-refractivity contribution in [3.8, 4) is 22.5 Å². The molecular weight excluding hydrogens is 374 g/mol. The summed E-state index contributed by atoms with van der Waals surface area (Å²) in [6.07, 6.45) is -3.58. The summed E-state index contributed by atoms with van der Waals surface area (Å²) in [6.45, 7) is -0.687. The molecule has 0 unspecified atom stereocenters. The van der Waals surface area contributed by atoms with Crippen LogP contribution >= 0.6 is 0 Å². The molecule has 3 rings (SSSR count). The van der Waals surface area contributed by atoms with E-state index in [1.54, 1.807) is 0 Å². The molecule has 0 fully saturated rings. The Morgan fingerprint density at radius 3 is 2.03 bits per heavy atom. The molecule has 5 N–H and O–H groups in total. The highest BCUT2D eigenvalue weighted by Gasteiger charge is 2.22. The van der Waals surface area contributed by atoms with Gasteiger partial charge in [0.05, 0.1) is 12.8 Å². The second-order valence-electron chi connectivity index (χ2n) is 6.19. The molecule has 0 amide bonds. The van der Waals surface area contributed by atoms with Gasteiger partial charge in [0.25, 0.3) is 5.95 Å². The third kappa shape index (κ3) is 5.18. The second kappa shape index (κ2) is 9.80. The topological polar surface area (TPSA) is 144 Å². The van der Waals surface area contributed by atoms with E-state index < -0.39 is 24.9 Å². The quantitative estimate of drug-likeness (QED) is 0.277. The van der Waals surface area contributed by atoms with Gasteiger partial charge in [0.1, 0.15) is 29.7 Å². The summed E-state index contributed by atoms with van der Waals surface area (Å²) in [5, 5.41) is 49.6. The Kier molecular flexibility index (Phi) is 6.93. The van der Waals surface area contributed by atoms with Crippen molar-refractivity contribution >= 4 is 12.2 Å². The predicted octanol–water partition coefficient (Wildman–Crippen LogP) is 0.678. The van der Waals surface area contributed by atoms with E-state index >= 15 is 0 Å². The maximum atomic E-state index is 9.76. The SMILES string of the molecule is OC[C@@H](O)[C@@H](O)[C@H](O)/C=N/Nc1nnc(-c2ccccc2)c(-c2ccccc2)n1. The van der Waals surface area contributed by atoms with Crippen LogP contribution in [0.2, 0.25) is 0 Å². The van der Waals surface area contributed by atoms with Crippen molar-refractivity contribution in [2.24, 2.45) is 5.10 Å². The average Bonchev–Trinajstić information content (AvgIpc) is 2.79. The molecule has 3 atom stereocenters. The summed E-state index contributed by atoms with van der Waals surface area (Å²) in [7, 11) is 0. The van der Waals surface area contributed by atoms with E-state index in [-0.39, 0.29) is 5.95 Å². The van der Waals surface area contributed by atoms with Crippen molar-refractivity contribution in [3.05, 3.63) is 60.7 Å². The molecule has 2 aromatic carbocycles. The Morgan fingerprint density at radius 2 is 1.45 bits per heavy atom. The summed E-state index contributed by atoms with van der Waals surface area (Å²) in [4.78, 5) is 4.48. The van der Waals surface area contributed by atoms with Crippen LogP contribution in [0.4, 0.5) is 5.95 Å². The zero-order valence-corrected chi connectivity index (χ0v) is 15.4. The molecule has 1 heterocycles. The monoisotopic (exact) mass is 395 g/mol. The zero-order chi connectivity index (χ0) is 20.6. The van der Waals surface area contributed by atoms with Gasteiger partial charge in [-0.05, 0) is 0 Å². The second-order valence-corrected chi connectivity index (χ2v) is 6.19. The number of hydrazone groups is 1. The van der Waals surface area contributed by atoms with Crippen molar-refractivity contribution in [3.63, 3.8) is 0 Å². The molecule has 0 saturated carbocycles. The molecule has 0 aliphatic rings. The van der Waals surface area contributed by atoms with Crippen LogP contribution in [0.3, 0.4) is 0 Å². The van der Waals surface area contributed by atoms with Crippen molar-refractivity contribution in [1.82, 2.24) is 15.2 Å². The third-order valence-electron chi connectivity index (χ3n) is 4.10. The number of aliphatic hydroxyl groups excluding tert-OH is 4. The van der Waals surface area contributed by atoms with Gasteiger partial charge in [-0.15, -0.1) is 10.2 Å². The molecule has 150 valence electrons. The van der Waals surface area contributed by atoms with Gasteiger partial charge in [-0.2, -0.15) is 5.10 Å². The van der Waals surface area contributed by atoms with Gasteiger partial charge in [0, 0.05) is 11.1 Å². The Balaban J connectivity index is 1.85. The number of hydrogen-bond donors (Lipinski definition) is 5. The van der Waals surface area contributed by atoms with Crippen LogP contribution < -0.4 is 5.43 Å². The largest absolute Gasteiger partial charge is 0.394 e. The minimum absolute atomic E-state index is 0.0872. The fourth-order valence-electron chi connectivity index (χ4n) is 2.56. The maximum absolute atomic E-state index is 9.76. The first-order chi connectivity index (χ1) is 14.1. The van der Waals surface area contributed by atoms with Gasteiger partial charge < -0.3 is 20.4 Å². The van der Waals surface area contributed by atoms with Crippen molar-refractivity contribution in [2.75, 3.05) is 12.0 Å². The van der Waals surface area contributed by atoms with Gasteiger partial charge in [-0.25, -0.2) is 10.4 Å². The molecule has 0 saturated heterocycles. The molecule has 9 nitrogen and oxygen atoms in total. The number of benzene rings is 2. The van der Waals surface area contributed by atoms with E-state index in [1.165, 1.54) is 0 Å². The van der Waals surface area contributed by atoms with Crippen LogP contribution in [0, 0.1) is 0 Å². The predicted molar refractivity (Wildman–Crippen MR) is 108 cm³/mol. The maximum Gasteiger partial charge on any atom is 0.263 e. The minimum atomic E-state index is -1.58. The van der Waals surface area contributed by atoms with E-state index in [0.717, 1.165) is 17.3 Å². The van der Waals surface area contributed by atoms with Crippen molar-refractivity contribution in [1.29, 1.82) is 0 Å². The van der Waals surface area contributed by atoms with Crippen LogP contribution in [0.15, 0.2) is 65.8 Å². The van der Waals surface area contributed by atoms with Gasteiger partial charge in [-0.1, -0.05) is 60.7 Å². The molecule has 3 aromatic rings. The van der Waals surface area contributed by atoms with Gasteiger partial charge in [0.15, 0.2) is 0 Å². The number of aromatic nitrogens is 3. The molecule has 1 aromatic heterocycles. The number of anilines is 1. The number of nitrogens with zero attached hydrogens (tertiary/aromatic N) is 4. The Morgan fingerprint density at radius 1 is 0.862 bits per heavy atom. The lowest BCUT2D eigenvalue weighted by Crippen LogP contribution is -2.40. The lowest BCUT2D eigenvalue weighted by Gasteiger charge is -2.17. The molecule has 29 heavy (non-hydrogen) atoms. The lowest BCUT2D eigenvalue weighted by molar-refractivity contribution is -0.0541. The molecule has 0 aliphatic heterocycles. The number of hydrogen-bond acceptors (Lipinski definition) is 9. The third-order valence-corrected chi connectivity index (χ3v) is 4.10. The average molecular weight is 395 g/mol. The smallest absolute Gasteiger partial charge is 0.263 e. The lowest BCUT2D eigenvalue weighted by atomic mass is 10.0. The van der Waals surface area contributed by atoms with E-state index in [0.29, 0.717) is 11.4 Å². The van der Waals surface area contributed by atoms with E-state index in [9.17, 15) is 15.3 Å². The highest BCUT2D eigenvalue weighted by molar-refractivity contribution is 5.78. The normalized spacial score (nSPS) is 14.5. The Hall–Kier alpha value is -3.24. The summed E-state index contributed by atoms with van der Waals surface area (Å²) in [5.41, 5.74) is 5.45. The van der Waals surface area contributed by atoms with Crippen molar-refractivity contribution in [2.45, 2.75) is 18.3 Å². The fourth-order valence-corrected chi connectivity index (χ4v) is 2.56. The first-order valence-electron chi connectivity index (χ1n) is 8.90. The molecule has 0 aliphatic carbocycles. The van der Waals surface area contributed by atoms with Crippen LogP contribution in [-0.4, -0.2) is 66.7 Å². The van der Waals surface area contributed by atoms with Crippen LogP contribution in [0.1, 0.15) is 0 Å². The summed E-state index contributed by atoms with van der Waals surface area (Å²) < 4.78 is 0. The highest BCUT2D eigenvalue weighted by atomic mass is 16.4. The van der Waals surface area contributed by atoms with Gasteiger partial charge in [0.2, 0.25) is 0 Å². The van der Waals surface area contributed by atoms with Gasteiger partial charge in [-0.3, -0.25) is 0 Å². The fraction of sp³-hybridized carbons (Fsp3) is 0.200. The number of nitrogens with one attached hydrogen (secondary N) is 1.